The van der Waals surface area contributed by atoms with Gasteiger partial charge in [-0.1, -0.05) is 66.2 Å². The minimum absolute atomic E-state index is 1.14. The fourth-order valence-corrected chi connectivity index (χ4v) is 3.35. The quantitative estimate of drug-likeness (QED) is 0.367. The molecule has 4 aromatic carbocycles. The molecule has 4 rings (SSSR count). The summed E-state index contributed by atoms with van der Waals surface area (Å²) >= 11 is 0. The fraction of sp³-hybridized carbons (Fsp3) is 0.0769. The van der Waals surface area contributed by atoms with Crippen LogP contribution < -0.4 is 4.90 Å². The maximum Gasteiger partial charge on any atom is 0.0468 e. The number of anilines is 3. The number of benzene rings is 4. The van der Waals surface area contributed by atoms with Gasteiger partial charge in [-0.3, -0.25) is 0 Å². The summed E-state index contributed by atoms with van der Waals surface area (Å²) in [7, 11) is 0. The number of hydrogen-bond acceptors (Lipinski definition) is 1. The van der Waals surface area contributed by atoms with Gasteiger partial charge in [-0.05, 0) is 72.6 Å². The third kappa shape index (κ3) is 3.50. The second-order valence-electron chi connectivity index (χ2n) is 7.00. The van der Waals surface area contributed by atoms with Gasteiger partial charge in [-0.25, -0.2) is 0 Å². The van der Waals surface area contributed by atoms with Gasteiger partial charge in [-0.15, -0.1) is 0 Å². The van der Waals surface area contributed by atoms with Crippen molar-refractivity contribution in [2.75, 3.05) is 4.90 Å². The Morgan fingerprint density at radius 2 is 1.07 bits per heavy atom. The lowest BCUT2D eigenvalue weighted by Gasteiger charge is -2.26. The van der Waals surface area contributed by atoms with E-state index in [9.17, 15) is 0 Å². The van der Waals surface area contributed by atoms with Crippen molar-refractivity contribution in [3.05, 3.63) is 108 Å². The minimum Gasteiger partial charge on any atom is -0.310 e. The normalized spacial score (nSPS) is 10.7. The SMILES string of the molecule is C=Cc1ccc2cc(N(c3ccc(C)cc3)c3ccc(C)cc3)ccc2c1. The molecule has 0 radical (unpaired) electrons. The molecule has 0 N–H and O–H groups in total. The Hall–Kier alpha value is -3.32. The number of hydrogen-bond donors (Lipinski definition) is 0. The van der Waals surface area contributed by atoms with E-state index in [-0.39, 0.29) is 0 Å². The van der Waals surface area contributed by atoms with Crippen LogP contribution in [0.1, 0.15) is 16.7 Å². The van der Waals surface area contributed by atoms with E-state index in [2.05, 4.69) is 110 Å². The number of aryl methyl sites for hydroxylation is 2. The lowest BCUT2D eigenvalue weighted by molar-refractivity contribution is 1.27. The van der Waals surface area contributed by atoms with Gasteiger partial charge in [0.1, 0.15) is 0 Å². The van der Waals surface area contributed by atoms with Crippen molar-refractivity contribution < 1.29 is 0 Å². The highest BCUT2D eigenvalue weighted by Gasteiger charge is 2.12. The summed E-state index contributed by atoms with van der Waals surface area (Å²) in [5, 5.41) is 2.45. The van der Waals surface area contributed by atoms with E-state index < -0.39 is 0 Å². The molecule has 0 atom stereocenters. The first-order valence-electron chi connectivity index (χ1n) is 9.24. The van der Waals surface area contributed by atoms with Crippen LogP contribution in [0.25, 0.3) is 16.8 Å². The van der Waals surface area contributed by atoms with Crippen molar-refractivity contribution in [1.29, 1.82) is 0 Å². The van der Waals surface area contributed by atoms with E-state index in [4.69, 9.17) is 0 Å². The minimum atomic E-state index is 1.14. The summed E-state index contributed by atoms with van der Waals surface area (Å²) in [5.74, 6) is 0. The van der Waals surface area contributed by atoms with E-state index in [0.29, 0.717) is 0 Å². The number of fused-ring (bicyclic) bond motifs is 1. The van der Waals surface area contributed by atoms with Gasteiger partial charge in [0.05, 0.1) is 0 Å². The maximum atomic E-state index is 3.87. The summed E-state index contributed by atoms with van der Waals surface area (Å²) in [5.41, 5.74) is 7.14. The largest absolute Gasteiger partial charge is 0.310 e. The first-order valence-corrected chi connectivity index (χ1v) is 9.24. The zero-order valence-corrected chi connectivity index (χ0v) is 15.8. The molecule has 0 amide bonds. The Morgan fingerprint density at radius 1 is 0.593 bits per heavy atom. The molecule has 0 saturated carbocycles. The smallest absolute Gasteiger partial charge is 0.0468 e. The summed E-state index contributed by atoms with van der Waals surface area (Å²) in [6.45, 7) is 8.11. The highest BCUT2D eigenvalue weighted by Crippen LogP contribution is 2.36. The first kappa shape index (κ1) is 17.1. The van der Waals surface area contributed by atoms with Crippen LogP contribution in [-0.2, 0) is 0 Å². The molecule has 0 aliphatic rings. The predicted octanol–water partition coefficient (Wildman–Crippen LogP) is 7.57. The van der Waals surface area contributed by atoms with Gasteiger partial charge in [0.2, 0.25) is 0 Å². The molecule has 1 nitrogen and oxygen atoms in total. The van der Waals surface area contributed by atoms with E-state index >= 15 is 0 Å². The van der Waals surface area contributed by atoms with Gasteiger partial charge in [0, 0.05) is 17.1 Å². The third-order valence-corrected chi connectivity index (χ3v) is 4.93. The molecule has 0 bridgehead atoms. The Kier molecular flexibility index (Phi) is 4.52. The van der Waals surface area contributed by atoms with Crippen LogP contribution in [0, 0.1) is 13.8 Å². The van der Waals surface area contributed by atoms with E-state index in [0.717, 1.165) is 22.6 Å². The van der Waals surface area contributed by atoms with E-state index in [1.165, 1.54) is 21.9 Å². The van der Waals surface area contributed by atoms with Gasteiger partial charge < -0.3 is 4.90 Å². The summed E-state index contributed by atoms with van der Waals surface area (Å²) in [6, 6.07) is 30.4. The Balaban J connectivity index is 1.87. The number of nitrogens with zero attached hydrogens (tertiary/aromatic N) is 1. The van der Waals surface area contributed by atoms with Crippen LogP contribution in [-0.4, -0.2) is 0 Å². The molecule has 0 saturated heterocycles. The van der Waals surface area contributed by atoms with Crippen molar-refractivity contribution in [3.63, 3.8) is 0 Å². The van der Waals surface area contributed by atoms with E-state index in [1.54, 1.807) is 0 Å². The second kappa shape index (κ2) is 7.13. The summed E-state index contributed by atoms with van der Waals surface area (Å²) < 4.78 is 0. The van der Waals surface area contributed by atoms with Crippen molar-refractivity contribution in [1.82, 2.24) is 0 Å². The average Bonchev–Trinajstić information content (AvgIpc) is 2.70. The molecule has 1 heteroatoms. The highest BCUT2D eigenvalue weighted by atomic mass is 15.1. The van der Waals surface area contributed by atoms with Gasteiger partial charge in [-0.2, -0.15) is 0 Å². The maximum absolute atomic E-state index is 3.87. The van der Waals surface area contributed by atoms with Gasteiger partial charge in [0.25, 0.3) is 0 Å². The lowest BCUT2D eigenvalue weighted by atomic mass is 10.0. The molecule has 132 valence electrons. The van der Waals surface area contributed by atoms with Crippen molar-refractivity contribution in [2.45, 2.75) is 13.8 Å². The zero-order chi connectivity index (χ0) is 18.8. The molecule has 0 heterocycles. The molecular formula is C26H23N. The molecule has 0 fully saturated rings. The van der Waals surface area contributed by atoms with Crippen LogP contribution in [0.2, 0.25) is 0 Å². The average molecular weight is 349 g/mol. The van der Waals surface area contributed by atoms with Crippen molar-refractivity contribution >= 4 is 33.9 Å². The predicted molar refractivity (Wildman–Crippen MR) is 118 cm³/mol. The Bertz CT molecular complexity index is 1040. The first-order chi connectivity index (χ1) is 13.1. The molecule has 0 aliphatic carbocycles. The third-order valence-electron chi connectivity index (χ3n) is 4.93. The number of rotatable bonds is 4. The summed E-state index contributed by atoms with van der Waals surface area (Å²) in [6.07, 6.45) is 1.89. The molecule has 4 aromatic rings. The molecule has 0 aromatic heterocycles. The molecule has 27 heavy (non-hydrogen) atoms. The Labute approximate surface area is 161 Å². The van der Waals surface area contributed by atoms with Gasteiger partial charge in [0.15, 0.2) is 0 Å². The lowest BCUT2D eigenvalue weighted by Crippen LogP contribution is -2.09. The van der Waals surface area contributed by atoms with Crippen molar-refractivity contribution in [3.8, 4) is 0 Å². The Morgan fingerprint density at radius 3 is 1.63 bits per heavy atom. The standard InChI is InChI=1S/C26H23N/c1-4-21-9-10-23-18-26(16-11-22(23)17-21)27(24-12-5-19(2)6-13-24)25-14-7-20(3)8-15-25/h4-18H,1H2,2-3H3. The topological polar surface area (TPSA) is 3.24 Å². The second-order valence-corrected chi connectivity index (χ2v) is 7.00. The van der Waals surface area contributed by atoms with Crippen LogP contribution >= 0.6 is 0 Å². The zero-order valence-electron chi connectivity index (χ0n) is 15.8. The van der Waals surface area contributed by atoms with Gasteiger partial charge >= 0.3 is 0 Å². The van der Waals surface area contributed by atoms with Crippen molar-refractivity contribution in [2.24, 2.45) is 0 Å². The monoisotopic (exact) mass is 349 g/mol. The molecule has 0 aliphatic heterocycles. The van der Waals surface area contributed by atoms with Crippen LogP contribution in [0.3, 0.4) is 0 Å². The van der Waals surface area contributed by atoms with Crippen LogP contribution in [0.5, 0.6) is 0 Å². The molecule has 0 unspecified atom stereocenters. The fourth-order valence-electron chi connectivity index (χ4n) is 3.35. The van der Waals surface area contributed by atoms with E-state index in [1.807, 2.05) is 6.08 Å². The summed E-state index contributed by atoms with van der Waals surface area (Å²) in [4.78, 5) is 2.31. The molecular weight excluding hydrogens is 326 g/mol. The molecule has 0 spiro atoms. The van der Waals surface area contributed by atoms with Crippen LogP contribution in [0.15, 0.2) is 91.5 Å². The van der Waals surface area contributed by atoms with Crippen LogP contribution in [0.4, 0.5) is 17.1 Å². The highest BCUT2D eigenvalue weighted by molar-refractivity contribution is 5.90.